The molecule has 0 amide bonds. The molecule has 1 aromatic rings. The van der Waals surface area contributed by atoms with E-state index in [0.29, 0.717) is 6.04 Å². The van der Waals surface area contributed by atoms with Gasteiger partial charge in [0.1, 0.15) is 0 Å². The first-order valence-electron chi connectivity index (χ1n) is 4.27. The molecule has 1 heteroatoms. The lowest BCUT2D eigenvalue weighted by molar-refractivity contribution is 0.868. The van der Waals surface area contributed by atoms with E-state index in [4.69, 9.17) is 0 Å². The Morgan fingerprint density at radius 1 is 1.50 bits per heavy atom. The van der Waals surface area contributed by atoms with Gasteiger partial charge >= 0.3 is 0 Å². The lowest BCUT2D eigenvalue weighted by Crippen LogP contribution is -2.15. The molecular formula is C11H13N. The van der Waals surface area contributed by atoms with Crippen molar-refractivity contribution in [1.82, 2.24) is 0 Å². The number of benzene rings is 1. The molecule has 0 unspecified atom stereocenters. The van der Waals surface area contributed by atoms with E-state index in [1.54, 1.807) is 0 Å². The van der Waals surface area contributed by atoms with E-state index in [9.17, 15) is 0 Å². The minimum atomic E-state index is 0.447. The first kappa shape index (κ1) is 7.41. The predicted octanol–water partition coefficient (Wildman–Crippen LogP) is 2.60. The van der Waals surface area contributed by atoms with E-state index < -0.39 is 0 Å². The van der Waals surface area contributed by atoms with Crippen molar-refractivity contribution in [3.05, 3.63) is 42.0 Å². The van der Waals surface area contributed by atoms with Gasteiger partial charge in [0.05, 0.1) is 6.04 Å². The minimum Gasteiger partial charge on any atom is -0.378 e. The quantitative estimate of drug-likeness (QED) is 0.621. The number of hydrogen-bond donors (Lipinski definition) is 1. The lowest BCUT2D eigenvalue weighted by Gasteiger charge is -2.09. The van der Waals surface area contributed by atoms with Gasteiger partial charge in [0, 0.05) is 5.69 Å². The van der Waals surface area contributed by atoms with Crippen LogP contribution in [-0.4, -0.2) is 6.04 Å². The number of rotatable bonds is 1. The molecule has 1 atom stereocenters. The van der Waals surface area contributed by atoms with Crippen molar-refractivity contribution in [2.45, 2.75) is 19.4 Å². The molecule has 1 aliphatic heterocycles. The number of hydrogen-bond acceptors (Lipinski definition) is 1. The predicted molar refractivity (Wildman–Crippen MR) is 52.4 cm³/mol. The number of anilines is 1. The summed E-state index contributed by atoms with van der Waals surface area (Å²) in [4.78, 5) is 0. The monoisotopic (exact) mass is 159 g/mol. The van der Waals surface area contributed by atoms with Crippen molar-refractivity contribution in [2.75, 3.05) is 5.32 Å². The fourth-order valence-corrected chi connectivity index (χ4v) is 1.60. The van der Waals surface area contributed by atoms with Crippen LogP contribution in [0.25, 0.3) is 0 Å². The fraction of sp³-hybridized carbons (Fsp3) is 0.273. The summed E-state index contributed by atoms with van der Waals surface area (Å²) in [5.74, 6) is 0. The standard InChI is InChI=1S/C11H13N/c1-8(2)11-7-9-5-3-4-6-10(9)12-11/h3-6,11-12H,1,7H2,2H3/t11-/m1/s1. The first-order chi connectivity index (χ1) is 5.77. The zero-order valence-corrected chi connectivity index (χ0v) is 7.30. The molecule has 0 fully saturated rings. The highest BCUT2D eigenvalue weighted by Gasteiger charge is 2.19. The number of nitrogens with one attached hydrogen (secondary N) is 1. The van der Waals surface area contributed by atoms with Gasteiger partial charge in [-0.1, -0.05) is 30.4 Å². The van der Waals surface area contributed by atoms with Crippen LogP contribution in [-0.2, 0) is 6.42 Å². The summed E-state index contributed by atoms with van der Waals surface area (Å²) in [6, 6.07) is 8.89. The zero-order chi connectivity index (χ0) is 8.55. The van der Waals surface area contributed by atoms with Crippen LogP contribution >= 0.6 is 0 Å². The Morgan fingerprint density at radius 3 is 2.92 bits per heavy atom. The molecule has 1 nitrogen and oxygen atoms in total. The van der Waals surface area contributed by atoms with Crippen molar-refractivity contribution in [1.29, 1.82) is 0 Å². The second-order valence-electron chi connectivity index (χ2n) is 3.40. The van der Waals surface area contributed by atoms with E-state index >= 15 is 0 Å². The summed E-state index contributed by atoms with van der Waals surface area (Å²) in [5.41, 5.74) is 3.89. The van der Waals surface area contributed by atoms with Crippen LogP contribution in [0.4, 0.5) is 5.69 Å². The van der Waals surface area contributed by atoms with Crippen LogP contribution in [0, 0.1) is 0 Å². The van der Waals surface area contributed by atoms with Gasteiger partial charge in [-0.05, 0) is 25.0 Å². The lowest BCUT2D eigenvalue weighted by atomic mass is 10.1. The van der Waals surface area contributed by atoms with Gasteiger partial charge in [-0.2, -0.15) is 0 Å². The van der Waals surface area contributed by atoms with E-state index in [1.807, 2.05) is 0 Å². The zero-order valence-electron chi connectivity index (χ0n) is 7.30. The summed E-state index contributed by atoms with van der Waals surface area (Å²) in [5, 5.41) is 3.43. The van der Waals surface area contributed by atoms with Crippen LogP contribution < -0.4 is 5.32 Å². The Kier molecular flexibility index (Phi) is 1.65. The molecule has 0 aliphatic carbocycles. The normalized spacial score (nSPS) is 19.9. The number of para-hydroxylation sites is 1. The smallest absolute Gasteiger partial charge is 0.0509 e. The fourth-order valence-electron chi connectivity index (χ4n) is 1.60. The average molecular weight is 159 g/mol. The van der Waals surface area contributed by atoms with Gasteiger partial charge in [0.25, 0.3) is 0 Å². The third-order valence-corrected chi connectivity index (χ3v) is 2.37. The molecule has 1 aromatic carbocycles. The molecule has 1 aliphatic rings. The number of fused-ring (bicyclic) bond motifs is 1. The SMILES string of the molecule is C=C(C)[C@H]1Cc2ccccc2N1. The molecule has 1 N–H and O–H groups in total. The Morgan fingerprint density at radius 2 is 2.25 bits per heavy atom. The second kappa shape index (κ2) is 2.67. The third kappa shape index (κ3) is 1.11. The van der Waals surface area contributed by atoms with Gasteiger partial charge in [-0.15, -0.1) is 0 Å². The van der Waals surface area contributed by atoms with Gasteiger partial charge in [-0.3, -0.25) is 0 Å². The van der Waals surface area contributed by atoms with Crippen LogP contribution in [0.5, 0.6) is 0 Å². The Labute approximate surface area is 73.1 Å². The minimum absolute atomic E-state index is 0.447. The molecule has 0 bridgehead atoms. The largest absolute Gasteiger partial charge is 0.378 e. The van der Waals surface area contributed by atoms with Crippen LogP contribution in [0.15, 0.2) is 36.4 Å². The molecule has 0 aromatic heterocycles. The van der Waals surface area contributed by atoms with Gasteiger partial charge in [0.2, 0.25) is 0 Å². The van der Waals surface area contributed by atoms with Gasteiger partial charge in [0.15, 0.2) is 0 Å². The average Bonchev–Trinajstić information content (AvgIpc) is 2.46. The Bertz CT molecular complexity index is 290. The van der Waals surface area contributed by atoms with Crippen LogP contribution in [0.2, 0.25) is 0 Å². The molecule has 62 valence electrons. The molecule has 0 radical (unpaired) electrons. The van der Waals surface area contributed by atoms with E-state index in [0.717, 1.165) is 6.42 Å². The molecule has 12 heavy (non-hydrogen) atoms. The van der Waals surface area contributed by atoms with E-state index in [2.05, 4.69) is 43.1 Å². The highest BCUT2D eigenvalue weighted by molar-refractivity contribution is 5.58. The first-order valence-corrected chi connectivity index (χ1v) is 4.27. The molecule has 0 saturated carbocycles. The molecule has 0 spiro atoms. The Balaban J connectivity index is 2.27. The van der Waals surface area contributed by atoms with Crippen molar-refractivity contribution >= 4 is 5.69 Å². The summed E-state index contributed by atoms with van der Waals surface area (Å²) in [7, 11) is 0. The van der Waals surface area contributed by atoms with Crippen LogP contribution in [0.3, 0.4) is 0 Å². The maximum Gasteiger partial charge on any atom is 0.0509 e. The van der Waals surface area contributed by atoms with Crippen molar-refractivity contribution in [3.63, 3.8) is 0 Å². The molecule has 0 saturated heterocycles. The molecular weight excluding hydrogens is 146 g/mol. The molecule has 2 rings (SSSR count). The second-order valence-corrected chi connectivity index (χ2v) is 3.40. The summed E-state index contributed by atoms with van der Waals surface area (Å²) < 4.78 is 0. The van der Waals surface area contributed by atoms with E-state index in [1.165, 1.54) is 16.8 Å². The highest BCUT2D eigenvalue weighted by atomic mass is 14.9. The maximum atomic E-state index is 3.96. The van der Waals surface area contributed by atoms with Crippen LogP contribution in [0.1, 0.15) is 12.5 Å². The summed E-state index contributed by atoms with van der Waals surface area (Å²) in [6.07, 6.45) is 1.09. The van der Waals surface area contributed by atoms with Crippen molar-refractivity contribution in [3.8, 4) is 0 Å². The van der Waals surface area contributed by atoms with Crippen molar-refractivity contribution < 1.29 is 0 Å². The topological polar surface area (TPSA) is 12.0 Å². The Hall–Kier alpha value is -1.24. The maximum absolute atomic E-state index is 3.96. The van der Waals surface area contributed by atoms with Gasteiger partial charge in [-0.25, -0.2) is 0 Å². The summed E-state index contributed by atoms with van der Waals surface area (Å²) in [6.45, 7) is 6.03. The summed E-state index contributed by atoms with van der Waals surface area (Å²) >= 11 is 0. The molecule has 1 heterocycles. The third-order valence-electron chi connectivity index (χ3n) is 2.37. The van der Waals surface area contributed by atoms with Crippen molar-refractivity contribution in [2.24, 2.45) is 0 Å². The highest BCUT2D eigenvalue weighted by Crippen LogP contribution is 2.27. The van der Waals surface area contributed by atoms with E-state index in [-0.39, 0.29) is 0 Å². The van der Waals surface area contributed by atoms with Gasteiger partial charge < -0.3 is 5.32 Å².